The second-order valence-corrected chi connectivity index (χ2v) is 2.90. The van der Waals surface area contributed by atoms with Gasteiger partial charge in [-0.15, -0.1) is 0 Å². The molecule has 2 unspecified atom stereocenters. The lowest BCUT2D eigenvalue weighted by Gasteiger charge is -2.43. The maximum Gasteiger partial charge on any atom is 0.0517 e. The minimum atomic E-state index is 0.727. The van der Waals surface area contributed by atoms with E-state index in [9.17, 15) is 0 Å². The highest BCUT2D eigenvalue weighted by Crippen LogP contribution is 2.21. The van der Waals surface area contributed by atoms with Crippen molar-refractivity contribution in [2.45, 2.75) is 13.0 Å². The molecule has 9 heavy (non-hydrogen) atoms. The van der Waals surface area contributed by atoms with E-state index in [1.165, 1.54) is 6.54 Å². The third kappa shape index (κ3) is 1.25. The Morgan fingerprint density at radius 3 is 2.67 bits per heavy atom. The summed E-state index contributed by atoms with van der Waals surface area (Å²) in [5, 5.41) is 0. The van der Waals surface area contributed by atoms with Gasteiger partial charge in [-0.05, 0) is 14.0 Å². The number of rotatable bonds is 2. The summed E-state index contributed by atoms with van der Waals surface area (Å²) in [4.78, 5) is 2.34. The summed E-state index contributed by atoms with van der Waals surface area (Å²) < 4.78 is 5.04. The third-order valence-corrected chi connectivity index (χ3v) is 2.28. The van der Waals surface area contributed by atoms with E-state index in [4.69, 9.17) is 4.74 Å². The fourth-order valence-corrected chi connectivity index (χ4v) is 1.32. The van der Waals surface area contributed by atoms with Crippen molar-refractivity contribution in [2.24, 2.45) is 5.92 Å². The number of ether oxygens (including phenoxy) is 1. The summed E-state index contributed by atoms with van der Waals surface area (Å²) in [5.74, 6) is 0.778. The summed E-state index contributed by atoms with van der Waals surface area (Å²) in [6, 6.07) is 0.727. The van der Waals surface area contributed by atoms with E-state index in [1.54, 1.807) is 7.11 Å². The highest BCUT2D eigenvalue weighted by molar-refractivity contribution is 4.85. The summed E-state index contributed by atoms with van der Waals surface area (Å²) in [7, 11) is 3.92. The van der Waals surface area contributed by atoms with Crippen LogP contribution in [0.3, 0.4) is 0 Å². The van der Waals surface area contributed by atoms with Gasteiger partial charge in [0.25, 0.3) is 0 Å². The third-order valence-electron chi connectivity index (χ3n) is 2.28. The van der Waals surface area contributed by atoms with Gasteiger partial charge in [-0.25, -0.2) is 0 Å². The van der Waals surface area contributed by atoms with Crippen LogP contribution in [0.1, 0.15) is 6.92 Å². The number of nitrogens with zero attached hydrogens (tertiary/aromatic N) is 1. The molecule has 2 atom stereocenters. The molecule has 54 valence electrons. The fourth-order valence-electron chi connectivity index (χ4n) is 1.32. The zero-order valence-corrected chi connectivity index (χ0v) is 6.42. The summed E-state index contributed by atoms with van der Waals surface area (Å²) in [6.07, 6.45) is 0. The second-order valence-electron chi connectivity index (χ2n) is 2.90. The van der Waals surface area contributed by atoms with Crippen LogP contribution in [0.4, 0.5) is 0 Å². The van der Waals surface area contributed by atoms with Crippen LogP contribution in [-0.4, -0.2) is 38.3 Å². The van der Waals surface area contributed by atoms with Gasteiger partial charge in [0.05, 0.1) is 6.61 Å². The predicted molar refractivity (Wildman–Crippen MR) is 37.5 cm³/mol. The van der Waals surface area contributed by atoms with Crippen LogP contribution in [0.2, 0.25) is 0 Å². The Labute approximate surface area is 56.8 Å². The molecular formula is C7H15NO. The summed E-state index contributed by atoms with van der Waals surface area (Å²) >= 11 is 0. The average molecular weight is 129 g/mol. The molecule has 0 saturated carbocycles. The Bertz CT molecular complexity index is 92.9. The molecule has 1 fully saturated rings. The molecule has 1 heterocycles. The summed E-state index contributed by atoms with van der Waals surface area (Å²) in [6.45, 7) is 4.37. The monoisotopic (exact) mass is 129 g/mol. The van der Waals surface area contributed by atoms with Crippen LogP contribution < -0.4 is 0 Å². The molecule has 0 N–H and O–H groups in total. The van der Waals surface area contributed by atoms with E-state index in [0.29, 0.717) is 0 Å². The van der Waals surface area contributed by atoms with Crippen LogP contribution in [-0.2, 0) is 4.74 Å². The molecule has 2 heteroatoms. The lowest BCUT2D eigenvalue weighted by molar-refractivity contribution is -0.000234. The van der Waals surface area contributed by atoms with Crippen LogP contribution in [0, 0.1) is 5.92 Å². The van der Waals surface area contributed by atoms with Crippen molar-refractivity contribution in [2.75, 3.05) is 27.3 Å². The molecule has 0 aromatic rings. The zero-order valence-electron chi connectivity index (χ0n) is 6.42. The molecule has 0 aromatic heterocycles. The van der Waals surface area contributed by atoms with Gasteiger partial charge in [-0.1, -0.05) is 0 Å². The Morgan fingerprint density at radius 1 is 1.67 bits per heavy atom. The van der Waals surface area contributed by atoms with Crippen molar-refractivity contribution in [3.63, 3.8) is 0 Å². The zero-order chi connectivity index (χ0) is 6.85. The van der Waals surface area contributed by atoms with Gasteiger partial charge in [-0.3, -0.25) is 0 Å². The van der Waals surface area contributed by atoms with E-state index in [0.717, 1.165) is 18.6 Å². The van der Waals surface area contributed by atoms with E-state index < -0.39 is 0 Å². The predicted octanol–water partition coefficient (Wildman–Crippen LogP) is 0.583. The van der Waals surface area contributed by atoms with Gasteiger partial charge in [-0.2, -0.15) is 0 Å². The Kier molecular flexibility index (Phi) is 2.09. The molecule has 1 saturated heterocycles. The first-order valence-corrected chi connectivity index (χ1v) is 3.45. The van der Waals surface area contributed by atoms with Crippen LogP contribution in [0.25, 0.3) is 0 Å². The topological polar surface area (TPSA) is 12.5 Å². The number of hydrogen-bond donors (Lipinski definition) is 0. The SMILES string of the molecule is COCC1CN(C)C1C. The van der Waals surface area contributed by atoms with Crippen molar-refractivity contribution in [1.82, 2.24) is 4.90 Å². The van der Waals surface area contributed by atoms with Crippen molar-refractivity contribution < 1.29 is 4.74 Å². The van der Waals surface area contributed by atoms with Crippen molar-refractivity contribution in [1.29, 1.82) is 0 Å². The second kappa shape index (κ2) is 2.67. The Balaban J connectivity index is 2.17. The van der Waals surface area contributed by atoms with Crippen molar-refractivity contribution in [3.05, 3.63) is 0 Å². The highest BCUT2D eigenvalue weighted by Gasteiger charge is 2.31. The standard InChI is InChI=1S/C7H15NO/c1-6-7(5-9-3)4-8(6)2/h6-7H,4-5H2,1-3H3. The first-order valence-electron chi connectivity index (χ1n) is 3.45. The molecule has 2 nitrogen and oxygen atoms in total. The Morgan fingerprint density at radius 2 is 2.33 bits per heavy atom. The van der Waals surface area contributed by atoms with Gasteiger partial charge < -0.3 is 9.64 Å². The van der Waals surface area contributed by atoms with Crippen molar-refractivity contribution >= 4 is 0 Å². The van der Waals surface area contributed by atoms with Crippen LogP contribution in [0.5, 0.6) is 0 Å². The Hall–Kier alpha value is -0.0800. The largest absolute Gasteiger partial charge is 0.384 e. The molecule has 1 rings (SSSR count). The molecule has 0 bridgehead atoms. The van der Waals surface area contributed by atoms with Gasteiger partial charge in [0.15, 0.2) is 0 Å². The first-order chi connectivity index (χ1) is 4.25. The molecule has 1 aliphatic heterocycles. The molecule has 1 aliphatic rings. The van der Waals surface area contributed by atoms with Crippen LogP contribution >= 0.6 is 0 Å². The maximum atomic E-state index is 5.04. The molecule has 0 spiro atoms. The fraction of sp³-hybridized carbons (Fsp3) is 1.00. The smallest absolute Gasteiger partial charge is 0.0517 e. The van der Waals surface area contributed by atoms with Crippen LogP contribution in [0.15, 0.2) is 0 Å². The van der Waals surface area contributed by atoms with E-state index in [2.05, 4.69) is 18.9 Å². The minimum Gasteiger partial charge on any atom is -0.384 e. The lowest BCUT2D eigenvalue weighted by atomic mass is 9.92. The molecular weight excluding hydrogens is 114 g/mol. The number of methoxy groups -OCH3 is 1. The molecule has 0 aromatic carbocycles. The van der Waals surface area contributed by atoms with Gasteiger partial charge in [0.2, 0.25) is 0 Å². The minimum absolute atomic E-state index is 0.727. The quantitative estimate of drug-likeness (QED) is 0.541. The van der Waals surface area contributed by atoms with E-state index in [1.807, 2.05) is 0 Å². The first kappa shape index (κ1) is 7.03. The molecule has 0 aliphatic carbocycles. The average Bonchev–Trinajstić information content (AvgIpc) is 1.88. The summed E-state index contributed by atoms with van der Waals surface area (Å²) in [5.41, 5.74) is 0. The maximum absolute atomic E-state index is 5.04. The van der Waals surface area contributed by atoms with E-state index >= 15 is 0 Å². The molecule has 0 radical (unpaired) electrons. The number of hydrogen-bond acceptors (Lipinski definition) is 2. The normalized spacial score (nSPS) is 36.3. The van der Waals surface area contributed by atoms with Gasteiger partial charge >= 0.3 is 0 Å². The van der Waals surface area contributed by atoms with E-state index in [-0.39, 0.29) is 0 Å². The molecule has 0 amide bonds. The number of likely N-dealkylation sites (tertiary alicyclic amines) is 1. The lowest BCUT2D eigenvalue weighted by Crippen LogP contribution is -2.53. The van der Waals surface area contributed by atoms with Gasteiger partial charge in [0, 0.05) is 25.6 Å². The highest BCUT2D eigenvalue weighted by atomic mass is 16.5. The van der Waals surface area contributed by atoms with Crippen molar-refractivity contribution in [3.8, 4) is 0 Å². The van der Waals surface area contributed by atoms with Gasteiger partial charge in [0.1, 0.15) is 0 Å².